The van der Waals surface area contributed by atoms with Crippen molar-refractivity contribution in [2.24, 2.45) is 0 Å². The Morgan fingerprint density at radius 2 is 1.77 bits per heavy atom. The Hall–Kier alpha value is -3.03. The van der Waals surface area contributed by atoms with Gasteiger partial charge in [-0.2, -0.15) is 0 Å². The topological polar surface area (TPSA) is 49.9 Å². The number of hydrogen-bond donors (Lipinski definition) is 0. The Labute approximate surface area is 210 Å². The van der Waals surface area contributed by atoms with Gasteiger partial charge in [0.1, 0.15) is 12.4 Å². The number of ether oxygens (including phenoxy) is 1. The SMILES string of the molecule is Cc1ccc(CN(Cc2ccc(F)cc2)C(=O)CN(C[C@@H]2CCCO2)C(=O)c2ccccc2C)s1. The van der Waals surface area contributed by atoms with E-state index in [1.54, 1.807) is 39.3 Å². The van der Waals surface area contributed by atoms with Gasteiger partial charge in [0, 0.05) is 35.0 Å². The number of benzene rings is 2. The monoisotopic (exact) mass is 494 g/mol. The molecule has 1 aliphatic rings. The van der Waals surface area contributed by atoms with Crippen LogP contribution in [0, 0.1) is 19.7 Å². The average molecular weight is 495 g/mol. The van der Waals surface area contributed by atoms with E-state index < -0.39 is 0 Å². The van der Waals surface area contributed by atoms with Crippen molar-refractivity contribution in [3.63, 3.8) is 0 Å². The molecule has 35 heavy (non-hydrogen) atoms. The van der Waals surface area contributed by atoms with Crippen LogP contribution in [0.2, 0.25) is 0 Å². The predicted molar refractivity (Wildman–Crippen MR) is 136 cm³/mol. The van der Waals surface area contributed by atoms with E-state index in [-0.39, 0.29) is 30.3 Å². The molecule has 1 aliphatic heterocycles. The molecule has 5 nitrogen and oxygen atoms in total. The summed E-state index contributed by atoms with van der Waals surface area (Å²) in [6.07, 6.45) is 1.76. The minimum absolute atomic E-state index is 0.0431. The van der Waals surface area contributed by atoms with Crippen LogP contribution >= 0.6 is 11.3 Å². The zero-order chi connectivity index (χ0) is 24.8. The third kappa shape index (κ3) is 6.77. The summed E-state index contributed by atoms with van der Waals surface area (Å²) in [5, 5.41) is 0. The molecule has 0 bridgehead atoms. The molecule has 1 atom stereocenters. The Morgan fingerprint density at radius 3 is 2.43 bits per heavy atom. The van der Waals surface area contributed by atoms with Gasteiger partial charge in [0.25, 0.3) is 5.91 Å². The molecule has 184 valence electrons. The molecule has 1 fully saturated rings. The molecule has 0 N–H and O–H groups in total. The normalized spacial score (nSPS) is 15.2. The first-order valence-electron chi connectivity index (χ1n) is 11.9. The van der Waals surface area contributed by atoms with Crippen LogP contribution in [0.25, 0.3) is 0 Å². The molecule has 7 heteroatoms. The summed E-state index contributed by atoms with van der Waals surface area (Å²) in [5.41, 5.74) is 2.31. The van der Waals surface area contributed by atoms with Crippen LogP contribution in [0.4, 0.5) is 4.39 Å². The minimum atomic E-state index is -0.313. The number of amides is 2. The first-order valence-corrected chi connectivity index (χ1v) is 12.7. The molecule has 2 amide bonds. The summed E-state index contributed by atoms with van der Waals surface area (Å²) < 4.78 is 19.2. The Bertz CT molecular complexity index is 1160. The summed E-state index contributed by atoms with van der Waals surface area (Å²) in [7, 11) is 0. The maximum atomic E-state index is 13.7. The molecule has 2 aromatic carbocycles. The highest BCUT2D eigenvalue weighted by Gasteiger charge is 2.28. The van der Waals surface area contributed by atoms with Gasteiger partial charge >= 0.3 is 0 Å². The van der Waals surface area contributed by atoms with Gasteiger partial charge in [-0.25, -0.2) is 4.39 Å². The lowest BCUT2D eigenvalue weighted by Gasteiger charge is -2.29. The van der Waals surface area contributed by atoms with Crippen LogP contribution in [0.3, 0.4) is 0 Å². The number of rotatable bonds is 9. The molecular formula is C28H31FN2O3S. The zero-order valence-electron chi connectivity index (χ0n) is 20.2. The highest BCUT2D eigenvalue weighted by atomic mass is 32.1. The van der Waals surface area contributed by atoms with E-state index in [4.69, 9.17) is 4.74 Å². The summed E-state index contributed by atoms with van der Waals surface area (Å²) in [6.45, 7) is 5.71. The lowest BCUT2D eigenvalue weighted by Crippen LogP contribution is -2.45. The highest BCUT2D eigenvalue weighted by Crippen LogP contribution is 2.21. The lowest BCUT2D eigenvalue weighted by molar-refractivity contribution is -0.133. The molecular weight excluding hydrogens is 463 g/mol. The number of halogens is 1. The van der Waals surface area contributed by atoms with Crippen LogP contribution in [-0.4, -0.2) is 47.4 Å². The van der Waals surface area contributed by atoms with Gasteiger partial charge in [-0.15, -0.1) is 11.3 Å². The minimum Gasteiger partial charge on any atom is -0.376 e. The van der Waals surface area contributed by atoms with Gasteiger partial charge in [0.15, 0.2) is 0 Å². The largest absolute Gasteiger partial charge is 0.376 e. The smallest absolute Gasteiger partial charge is 0.254 e. The van der Waals surface area contributed by atoms with Crippen LogP contribution in [0.1, 0.15) is 44.1 Å². The van der Waals surface area contributed by atoms with Crippen molar-refractivity contribution in [1.29, 1.82) is 0 Å². The Kier molecular flexibility index (Phi) is 8.31. The average Bonchev–Trinajstić information content (AvgIpc) is 3.51. The van der Waals surface area contributed by atoms with Crippen molar-refractivity contribution in [1.82, 2.24) is 9.80 Å². The van der Waals surface area contributed by atoms with Gasteiger partial charge in [0.2, 0.25) is 5.91 Å². The van der Waals surface area contributed by atoms with Gasteiger partial charge in [0.05, 0.1) is 12.6 Å². The molecule has 2 heterocycles. The van der Waals surface area contributed by atoms with Crippen molar-refractivity contribution in [3.05, 3.63) is 92.9 Å². The molecule has 1 aromatic heterocycles. The Morgan fingerprint density at radius 1 is 1.00 bits per heavy atom. The number of carbonyl (C=O) groups is 2. The van der Waals surface area contributed by atoms with Crippen LogP contribution in [0.5, 0.6) is 0 Å². The van der Waals surface area contributed by atoms with Crippen molar-refractivity contribution in [2.45, 2.75) is 45.9 Å². The van der Waals surface area contributed by atoms with Crippen LogP contribution < -0.4 is 0 Å². The second-order valence-corrected chi connectivity index (χ2v) is 10.4. The molecule has 0 saturated carbocycles. The fourth-order valence-corrected chi connectivity index (χ4v) is 5.21. The first kappa shape index (κ1) is 25.1. The fourth-order valence-electron chi connectivity index (χ4n) is 4.30. The summed E-state index contributed by atoms with van der Waals surface area (Å²) in [4.78, 5) is 32.8. The number of hydrogen-bond acceptors (Lipinski definition) is 4. The molecule has 0 spiro atoms. The second-order valence-electron chi connectivity index (χ2n) is 9.02. The molecule has 0 aliphatic carbocycles. The fraction of sp³-hybridized carbons (Fsp3) is 0.357. The van der Waals surface area contributed by atoms with E-state index in [0.29, 0.717) is 31.8 Å². The first-order chi connectivity index (χ1) is 16.9. The van der Waals surface area contributed by atoms with E-state index in [2.05, 4.69) is 0 Å². The summed E-state index contributed by atoms with van der Waals surface area (Å²) in [6, 6.07) is 17.7. The number of aryl methyl sites for hydroxylation is 2. The third-order valence-corrected chi connectivity index (χ3v) is 7.20. The molecule has 1 saturated heterocycles. The number of nitrogens with zero attached hydrogens (tertiary/aromatic N) is 2. The predicted octanol–water partition coefficient (Wildman–Crippen LogP) is 5.35. The van der Waals surface area contributed by atoms with Gasteiger partial charge in [-0.3, -0.25) is 9.59 Å². The number of thiophene rings is 1. The number of carbonyl (C=O) groups excluding carboxylic acids is 2. The highest BCUT2D eigenvalue weighted by molar-refractivity contribution is 7.11. The lowest BCUT2D eigenvalue weighted by atomic mass is 10.1. The Balaban J connectivity index is 1.56. The van der Waals surface area contributed by atoms with Crippen LogP contribution in [0.15, 0.2) is 60.7 Å². The van der Waals surface area contributed by atoms with Crippen molar-refractivity contribution in [2.75, 3.05) is 19.7 Å². The third-order valence-electron chi connectivity index (χ3n) is 6.22. The van der Waals surface area contributed by atoms with E-state index in [0.717, 1.165) is 28.8 Å². The van der Waals surface area contributed by atoms with E-state index in [9.17, 15) is 14.0 Å². The van der Waals surface area contributed by atoms with Crippen molar-refractivity contribution >= 4 is 23.2 Å². The van der Waals surface area contributed by atoms with Gasteiger partial charge in [-0.05, 0) is 68.1 Å². The van der Waals surface area contributed by atoms with E-state index in [1.165, 1.54) is 17.0 Å². The maximum absolute atomic E-state index is 13.7. The van der Waals surface area contributed by atoms with E-state index >= 15 is 0 Å². The molecule has 4 rings (SSSR count). The van der Waals surface area contributed by atoms with Crippen molar-refractivity contribution < 1.29 is 18.7 Å². The zero-order valence-corrected chi connectivity index (χ0v) is 21.0. The summed E-state index contributed by atoms with van der Waals surface area (Å²) >= 11 is 1.64. The second kappa shape index (κ2) is 11.6. The molecule has 3 aromatic rings. The maximum Gasteiger partial charge on any atom is 0.254 e. The van der Waals surface area contributed by atoms with Gasteiger partial charge in [-0.1, -0.05) is 30.3 Å². The van der Waals surface area contributed by atoms with Crippen molar-refractivity contribution in [3.8, 4) is 0 Å². The molecule has 0 radical (unpaired) electrons. The van der Waals surface area contributed by atoms with E-state index in [1.807, 2.05) is 44.2 Å². The standard InChI is InChI=1S/C28H31FN2O3S/c1-20-6-3-4-8-26(20)28(33)31(17-24-7-5-15-34-24)19-27(32)30(18-25-14-9-21(2)35-25)16-22-10-12-23(29)13-11-22/h3-4,6,8-14,24H,5,7,15-19H2,1-2H3/t24-/m0/s1. The molecule has 0 unspecified atom stereocenters. The summed E-state index contributed by atoms with van der Waals surface area (Å²) in [5.74, 6) is -0.631. The van der Waals surface area contributed by atoms with Crippen LogP contribution in [-0.2, 0) is 22.6 Å². The van der Waals surface area contributed by atoms with Gasteiger partial charge < -0.3 is 14.5 Å². The quantitative estimate of drug-likeness (QED) is 0.403.